The van der Waals surface area contributed by atoms with Crippen molar-refractivity contribution in [3.8, 4) is 0 Å². The summed E-state index contributed by atoms with van der Waals surface area (Å²) in [6.07, 6.45) is 6.36. The van der Waals surface area contributed by atoms with Gasteiger partial charge >= 0.3 is 0 Å². The molecule has 0 aliphatic heterocycles. The fourth-order valence-electron chi connectivity index (χ4n) is 2.36. The van der Waals surface area contributed by atoms with E-state index in [0.717, 1.165) is 25.6 Å². The first kappa shape index (κ1) is 12.9. The van der Waals surface area contributed by atoms with Crippen molar-refractivity contribution in [2.24, 2.45) is 17.7 Å². The molecule has 90 valence electrons. The van der Waals surface area contributed by atoms with E-state index in [4.69, 9.17) is 10.6 Å². The molecule has 15 heavy (non-hydrogen) atoms. The maximum absolute atomic E-state index is 5.59. The second-order valence-electron chi connectivity index (χ2n) is 4.87. The molecule has 0 bridgehead atoms. The maximum Gasteiger partial charge on any atom is 0.0635 e. The van der Waals surface area contributed by atoms with E-state index in [-0.39, 0.29) is 0 Å². The van der Waals surface area contributed by atoms with Gasteiger partial charge in [0, 0.05) is 12.6 Å². The summed E-state index contributed by atoms with van der Waals surface area (Å²) in [5.41, 5.74) is 2.92. The van der Waals surface area contributed by atoms with Gasteiger partial charge in [-0.2, -0.15) is 0 Å². The molecule has 0 aromatic rings. The van der Waals surface area contributed by atoms with E-state index in [0.29, 0.717) is 12.0 Å². The minimum atomic E-state index is 0.351. The van der Waals surface area contributed by atoms with Crippen LogP contribution in [0.4, 0.5) is 0 Å². The fourth-order valence-corrected chi connectivity index (χ4v) is 2.36. The summed E-state index contributed by atoms with van der Waals surface area (Å²) in [7, 11) is 0. The van der Waals surface area contributed by atoms with Crippen molar-refractivity contribution < 1.29 is 4.74 Å². The zero-order valence-electron chi connectivity index (χ0n) is 10.2. The lowest BCUT2D eigenvalue weighted by Crippen LogP contribution is -2.45. The fraction of sp³-hybridized carbons (Fsp3) is 1.00. The molecule has 1 saturated carbocycles. The Kier molecular flexibility index (Phi) is 6.22. The van der Waals surface area contributed by atoms with Crippen LogP contribution in [0.5, 0.6) is 0 Å². The van der Waals surface area contributed by atoms with E-state index in [2.05, 4.69) is 19.3 Å². The molecule has 3 heteroatoms. The van der Waals surface area contributed by atoms with Gasteiger partial charge in [-0.25, -0.2) is 0 Å². The minimum absolute atomic E-state index is 0.351. The summed E-state index contributed by atoms with van der Waals surface area (Å²) in [6, 6.07) is 0.351. The second kappa shape index (κ2) is 7.20. The van der Waals surface area contributed by atoms with Crippen LogP contribution >= 0.6 is 0 Å². The quantitative estimate of drug-likeness (QED) is 0.404. The van der Waals surface area contributed by atoms with Gasteiger partial charge in [0.25, 0.3) is 0 Å². The Balaban J connectivity index is 2.24. The first-order valence-electron chi connectivity index (χ1n) is 6.31. The minimum Gasteiger partial charge on any atom is -0.380 e. The Morgan fingerprint density at radius 3 is 2.53 bits per heavy atom. The Hall–Kier alpha value is -0.120. The standard InChI is InChI=1S/C12H26N2O/c1-3-8-15-9-12(14-13)11-6-4-10(2)5-7-11/h10-12,14H,3-9,13H2,1-2H3. The Morgan fingerprint density at radius 1 is 1.33 bits per heavy atom. The van der Waals surface area contributed by atoms with E-state index in [1.54, 1.807) is 0 Å². The predicted octanol–water partition coefficient (Wildman–Crippen LogP) is 2.07. The van der Waals surface area contributed by atoms with Gasteiger partial charge in [-0.15, -0.1) is 0 Å². The number of rotatable bonds is 6. The Labute approximate surface area is 93.7 Å². The van der Waals surface area contributed by atoms with Crippen LogP contribution in [-0.2, 0) is 4.74 Å². The molecule has 1 aliphatic carbocycles. The third-order valence-electron chi connectivity index (χ3n) is 3.49. The number of hydrogen-bond donors (Lipinski definition) is 2. The normalized spacial score (nSPS) is 29.0. The lowest BCUT2D eigenvalue weighted by Gasteiger charge is -2.32. The third-order valence-corrected chi connectivity index (χ3v) is 3.49. The van der Waals surface area contributed by atoms with Crippen molar-refractivity contribution in [1.29, 1.82) is 0 Å². The molecule has 0 aromatic carbocycles. The summed E-state index contributed by atoms with van der Waals surface area (Å²) in [5.74, 6) is 7.20. The number of nitrogens with two attached hydrogens (primary N) is 1. The van der Waals surface area contributed by atoms with E-state index < -0.39 is 0 Å². The molecule has 3 nitrogen and oxygen atoms in total. The lowest BCUT2D eigenvalue weighted by atomic mass is 9.79. The zero-order chi connectivity index (χ0) is 11.1. The summed E-state index contributed by atoms with van der Waals surface area (Å²) < 4.78 is 5.57. The van der Waals surface area contributed by atoms with Crippen molar-refractivity contribution in [2.45, 2.75) is 52.0 Å². The highest BCUT2D eigenvalue weighted by atomic mass is 16.5. The molecule has 1 unspecified atom stereocenters. The van der Waals surface area contributed by atoms with Crippen LogP contribution in [0.15, 0.2) is 0 Å². The number of hydrazine groups is 1. The summed E-state index contributed by atoms with van der Waals surface area (Å²) in [5, 5.41) is 0. The van der Waals surface area contributed by atoms with Crippen LogP contribution in [0, 0.1) is 11.8 Å². The van der Waals surface area contributed by atoms with E-state index in [9.17, 15) is 0 Å². The highest BCUT2D eigenvalue weighted by Crippen LogP contribution is 2.30. The van der Waals surface area contributed by atoms with Crippen LogP contribution in [0.2, 0.25) is 0 Å². The van der Waals surface area contributed by atoms with Crippen LogP contribution in [0.1, 0.15) is 46.0 Å². The van der Waals surface area contributed by atoms with Crippen LogP contribution in [-0.4, -0.2) is 19.3 Å². The van der Waals surface area contributed by atoms with Crippen molar-refractivity contribution in [2.75, 3.05) is 13.2 Å². The van der Waals surface area contributed by atoms with Crippen LogP contribution < -0.4 is 11.3 Å². The number of ether oxygens (including phenoxy) is 1. The molecule has 1 fully saturated rings. The van der Waals surface area contributed by atoms with Crippen molar-refractivity contribution in [3.63, 3.8) is 0 Å². The predicted molar refractivity (Wildman–Crippen MR) is 63.3 cm³/mol. The molecule has 0 spiro atoms. The molecule has 1 aliphatic rings. The van der Waals surface area contributed by atoms with E-state index >= 15 is 0 Å². The molecular weight excluding hydrogens is 188 g/mol. The number of nitrogens with one attached hydrogen (secondary N) is 1. The van der Waals surface area contributed by atoms with Gasteiger partial charge in [-0.1, -0.05) is 26.7 Å². The summed E-state index contributed by atoms with van der Waals surface area (Å²) >= 11 is 0. The van der Waals surface area contributed by atoms with E-state index in [1.807, 2.05) is 0 Å². The smallest absolute Gasteiger partial charge is 0.0635 e. The summed E-state index contributed by atoms with van der Waals surface area (Å²) in [4.78, 5) is 0. The highest BCUT2D eigenvalue weighted by Gasteiger charge is 2.25. The van der Waals surface area contributed by atoms with Crippen molar-refractivity contribution in [3.05, 3.63) is 0 Å². The molecule has 1 rings (SSSR count). The van der Waals surface area contributed by atoms with Crippen LogP contribution in [0.3, 0.4) is 0 Å². The zero-order valence-corrected chi connectivity index (χ0v) is 10.2. The van der Waals surface area contributed by atoms with Gasteiger partial charge in [0.2, 0.25) is 0 Å². The van der Waals surface area contributed by atoms with Gasteiger partial charge in [-0.3, -0.25) is 11.3 Å². The van der Waals surface area contributed by atoms with Gasteiger partial charge in [0.15, 0.2) is 0 Å². The molecule has 0 saturated heterocycles. The highest BCUT2D eigenvalue weighted by molar-refractivity contribution is 4.79. The van der Waals surface area contributed by atoms with E-state index in [1.165, 1.54) is 25.7 Å². The first-order valence-corrected chi connectivity index (χ1v) is 6.31. The molecular formula is C12H26N2O. The van der Waals surface area contributed by atoms with Gasteiger partial charge in [-0.05, 0) is 31.1 Å². The number of hydrogen-bond acceptors (Lipinski definition) is 3. The summed E-state index contributed by atoms with van der Waals surface area (Å²) in [6.45, 7) is 6.09. The molecule has 0 aromatic heterocycles. The Bertz CT molecular complexity index is 156. The monoisotopic (exact) mass is 214 g/mol. The average molecular weight is 214 g/mol. The molecule has 0 amide bonds. The van der Waals surface area contributed by atoms with Gasteiger partial charge in [0.1, 0.15) is 0 Å². The lowest BCUT2D eigenvalue weighted by molar-refractivity contribution is 0.0809. The Morgan fingerprint density at radius 2 is 2.00 bits per heavy atom. The first-order chi connectivity index (χ1) is 7.27. The topological polar surface area (TPSA) is 47.3 Å². The third kappa shape index (κ3) is 4.49. The maximum atomic E-state index is 5.59. The van der Waals surface area contributed by atoms with Crippen molar-refractivity contribution >= 4 is 0 Å². The SMILES string of the molecule is CCCOCC(NN)C1CCC(C)CC1. The largest absolute Gasteiger partial charge is 0.380 e. The van der Waals surface area contributed by atoms with Crippen molar-refractivity contribution in [1.82, 2.24) is 5.43 Å². The molecule has 0 radical (unpaired) electrons. The van der Waals surface area contributed by atoms with Crippen LogP contribution in [0.25, 0.3) is 0 Å². The second-order valence-corrected chi connectivity index (χ2v) is 4.87. The van der Waals surface area contributed by atoms with Gasteiger partial charge in [0.05, 0.1) is 6.61 Å². The van der Waals surface area contributed by atoms with Gasteiger partial charge < -0.3 is 4.74 Å². The average Bonchev–Trinajstić information content (AvgIpc) is 2.26. The molecule has 0 heterocycles. The molecule has 3 N–H and O–H groups in total. The molecule has 1 atom stereocenters.